The molecule has 1 N–H and O–H groups in total. The van der Waals surface area contributed by atoms with Gasteiger partial charge in [0.2, 0.25) is 0 Å². The van der Waals surface area contributed by atoms with Crippen LogP contribution in [0.1, 0.15) is 37.6 Å². The van der Waals surface area contributed by atoms with Crippen LogP contribution >= 0.6 is 11.6 Å². The van der Waals surface area contributed by atoms with Gasteiger partial charge in [-0.1, -0.05) is 25.4 Å². The first-order valence-electron chi connectivity index (χ1n) is 6.72. The Balaban J connectivity index is 2.45. The van der Waals surface area contributed by atoms with Crippen molar-refractivity contribution < 1.29 is 4.39 Å². The first-order valence-corrected chi connectivity index (χ1v) is 7.10. The van der Waals surface area contributed by atoms with E-state index in [4.69, 9.17) is 11.6 Å². The topological polar surface area (TPSA) is 42.7 Å². The second kappa shape index (κ2) is 6.81. The molecule has 2 aromatic rings. The summed E-state index contributed by atoms with van der Waals surface area (Å²) in [5, 5.41) is 8.18. The maximum atomic E-state index is 13.4. The van der Waals surface area contributed by atoms with Crippen LogP contribution in [0.5, 0.6) is 0 Å². The second-order valence-corrected chi connectivity index (χ2v) is 4.94. The zero-order valence-corrected chi connectivity index (χ0v) is 12.4. The van der Waals surface area contributed by atoms with Crippen LogP contribution in [-0.4, -0.2) is 21.3 Å². The van der Waals surface area contributed by atoms with Gasteiger partial charge in [-0.3, -0.25) is 9.67 Å². The van der Waals surface area contributed by atoms with E-state index in [9.17, 15) is 4.39 Å². The van der Waals surface area contributed by atoms with Crippen LogP contribution < -0.4 is 5.32 Å². The quantitative estimate of drug-likeness (QED) is 0.890. The molecule has 2 heterocycles. The van der Waals surface area contributed by atoms with Gasteiger partial charge in [0.1, 0.15) is 5.82 Å². The van der Waals surface area contributed by atoms with Crippen molar-refractivity contribution in [1.82, 2.24) is 20.1 Å². The van der Waals surface area contributed by atoms with Crippen molar-refractivity contribution in [2.45, 2.75) is 32.9 Å². The molecule has 0 aliphatic carbocycles. The fourth-order valence-corrected chi connectivity index (χ4v) is 2.46. The summed E-state index contributed by atoms with van der Waals surface area (Å²) in [4.78, 5) is 3.91. The predicted molar refractivity (Wildman–Crippen MR) is 77.2 cm³/mol. The lowest BCUT2D eigenvalue weighted by Gasteiger charge is -2.20. The van der Waals surface area contributed by atoms with Crippen LogP contribution in [0.25, 0.3) is 0 Å². The number of rotatable bonds is 6. The van der Waals surface area contributed by atoms with Crippen LogP contribution in [0.3, 0.4) is 0 Å². The number of halogens is 2. The molecule has 6 heteroatoms. The molecule has 2 rings (SSSR count). The number of hydrogen-bond donors (Lipinski definition) is 1. The molecule has 0 aliphatic heterocycles. The summed E-state index contributed by atoms with van der Waals surface area (Å²) in [7, 11) is 0. The number of nitrogens with zero attached hydrogens (tertiary/aromatic N) is 3. The van der Waals surface area contributed by atoms with Crippen LogP contribution in [0.2, 0.25) is 5.02 Å². The van der Waals surface area contributed by atoms with Crippen molar-refractivity contribution in [2.75, 3.05) is 6.54 Å². The van der Waals surface area contributed by atoms with E-state index in [0.29, 0.717) is 5.02 Å². The van der Waals surface area contributed by atoms with E-state index >= 15 is 0 Å². The molecule has 108 valence electrons. The van der Waals surface area contributed by atoms with Gasteiger partial charge in [0.25, 0.3) is 0 Å². The highest BCUT2D eigenvalue weighted by Crippen LogP contribution is 2.28. The van der Waals surface area contributed by atoms with E-state index in [1.54, 1.807) is 12.4 Å². The smallest absolute Gasteiger partial charge is 0.141 e. The highest BCUT2D eigenvalue weighted by Gasteiger charge is 2.22. The first kappa shape index (κ1) is 14.9. The molecule has 0 saturated carbocycles. The lowest BCUT2D eigenvalue weighted by Crippen LogP contribution is -2.25. The average Bonchev–Trinajstić information content (AvgIpc) is 2.78. The summed E-state index contributed by atoms with van der Waals surface area (Å²) in [5.74, 6) is -0.358. The van der Waals surface area contributed by atoms with Crippen molar-refractivity contribution in [2.24, 2.45) is 0 Å². The average molecular weight is 297 g/mol. The minimum atomic E-state index is -0.358. The summed E-state index contributed by atoms with van der Waals surface area (Å²) in [6.45, 7) is 5.57. The molecule has 2 aromatic heterocycles. The number of nitrogens with one attached hydrogen (secondary N) is 1. The summed E-state index contributed by atoms with van der Waals surface area (Å²) in [6, 6.07) is 1.25. The molecular weight excluding hydrogens is 279 g/mol. The molecule has 0 radical (unpaired) electrons. The summed E-state index contributed by atoms with van der Waals surface area (Å²) in [5.41, 5.74) is 1.59. The highest BCUT2D eigenvalue weighted by molar-refractivity contribution is 6.31. The highest BCUT2D eigenvalue weighted by atomic mass is 35.5. The van der Waals surface area contributed by atoms with E-state index in [0.717, 1.165) is 30.8 Å². The largest absolute Gasteiger partial charge is 0.305 e. The summed E-state index contributed by atoms with van der Waals surface area (Å²) < 4.78 is 15.3. The van der Waals surface area contributed by atoms with E-state index in [-0.39, 0.29) is 11.9 Å². The number of hydrogen-bond acceptors (Lipinski definition) is 3. The third-order valence-corrected chi connectivity index (χ3v) is 3.30. The van der Waals surface area contributed by atoms with Crippen LogP contribution in [-0.2, 0) is 6.54 Å². The Morgan fingerprint density at radius 3 is 2.80 bits per heavy atom. The Kier molecular flexibility index (Phi) is 5.09. The lowest BCUT2D eigenvalue weighted by atomic mass is 10.1. The normalized spacial score (nSPS) is 12.6. The fraction of sp³-hybridized carbons (Fsp3) is 0.429. The lowest BCUT2D eigenvalue weighted by molar-refractivity contribution is 0.517. The molecular formula is C14H18ClFN4. The number of pyridine rings is 1. The Morgan fingerprint density at radius 1 is 1.35 bits per heavy atom. The van der Waals surface area contributed by atoms with E-state index < -0.39 is 0 Å². The van der Waals surface area contributed by atoms with Gasteiger partial charge >= 0.3 is 0 Å². The Bertz CT molecular complexity index is 570. The van der Waals surface area contributed by atoms with E-state index in [1.807, 2.05) is 11.6 Å². The first-order chi connectivity index (χ1) is 9.67. The Morgan fingerprint density at radius 2 is 2.15 bits per heavy atom. The van der Waals surface area contributed by atoms with Gasteiger partial charge in [0, 0.05) is 12.7 Å². The van der Waals surface area contributed by atoms with Crippen molar-refractivity contribution in [1.29, 1.82) is 0 Å². The van der Waals surface area contributed by atoms with Crippen molar-refractivity contribution in [3.05, 3.63) is 46.8 Å². The van der Waals surface area contributed by atoms with Gasteiger partial charge in [-0.15, -0.1) is 0 Å². The monoisotopic (exact) mass is 296 g/mol. The van der Waals surface area contributed by atoms with Crippen LogP contribution in [0.15, 0.2) is 24.7 Å². The minimum Gasteiger partial charge on any atom is -0.305 e. The molecule has 0 aliphatic rings. The zero-order valence-electron chi connectivity index (χ0n) is 11.6. The maximum absolute atomic E-state index is 13.4. The van der Waals surface area contributed by atoms with Gasteiger partial charge in [-0.25, -0.2) is 4.39 Å². The molecule has 0 saturated heterocycles. The van der Waals surface area contributed by atoms with Crippen LogP contribution in [0.4, 0.5) is 4.39 Å². The van der Waals surface area contributed by atoms with Gasteiger partial charge in [-0.2, -0.15) is 5.10 Å². The molecule has 20 heavy (non-hydrogen) atoms. The number of aryl methyl sites for hydroxylation is 1. The summed E-state index contributed by atoms with van der Waals surface area (Å²) >= 11 is 6.26. The number of aromatic nitrogens is 3. The molecule has 1 atom stereocenters. The Hall–Kier alpha value is -1.46. The van der Waals surface area contributed by atoms with Gasteiger partial charge < -0.3 is 5.32 Å². The maximum Gasteiger partial charge on any atom is 0.141 e. The van der Waals surface area contributed by atoms with Crippen molar-refractivity contribution >= 4 is 11.6 Å². The molecule has 1 unspecified atom stereocenters. The van der Waals surface area contributed by atoms with Crippen LogP contribution in [0, 0.1) is 5.82 Å². The molecule has 0 fully saturated rings. The minimum absolute atomic E-state index is 0.218. The predicted octanol–water partition coefficient (Wildman–Crippen LogP) is 3.18. The summed E-state index contributed by atoms with van der Waals surface area (Å²) in [6.07, 6.45) is 5.42. The van der Waals surface area contributed by atoms with E-state index in [2.05, 4.69) is 22.3 Å². The van der Waals surface area contributed by atoms with Gasteiger partial charge in [0.05, 0.1) is 29.2 Å². The molecule has 0 aromatic carbocycles. The molecule has 0 spiro atoms. The van der Waals surface area contributed by atoms with Gasteiger partial charge in [0.15, 0.2) is 0 Å². The van der Waals surface area contributed by atoms with Crippen molar-refractivity contribution in [3.63, 3.8) is 0 Å². The SMILES string of the molecule is CCCn1ncc(Cl)c1C(NCC)c1cncc(F)c1. The Labute approximate surface area is 123 Å². The third-order valence-electron chi connectivity index (χ3n) is 3.01. The standard InChI is InChI=1S/C14H18ClFN4/c1-3-5-20-14(12(15)9-19-20)13(18-4-2)10-6-11(16)8-17-7-10/h6-9,13,18H,3-5H2,1-2H3. The fourth-order valence-electron chi connectivity index (χ4n) is 2.21. The van der Waals surface area contributed by atoms with Crippen molar-refractivity contribution in [3.8, 4) is 0 Å². The third kappa shape index (κ3) is 3.16. The second-order valence-electron chi connectivity index (χ2n) is 4.53. The van der Waals surface area contributed by atoms with E-state index in [1.165, 1.54) is 12.3 Å². The van der Waals surface area contributed by atoms with Gasteiger partial charge in [-0.05, 0) is 24.6 Å². The molecule has 0 bridgehead atoms. The molecule has 4 nitrogen and oxygen atoms in total. The zero-order chi connectivity index (χ0) is 14.5. The molecule has 0 amide bonds.